The first-order valence-electron chi connectivity index (χ1n) is 6.90. The van der Waals surface area contributed by atoms with Crippen LogP contribution in [-0.4, -0.2) is 49.3 Å². The summed E-state index contributed by atoms with van der Waals surface area (Å²) in [7, 11) is 1.57. The van der Waals surface area contributed by atoms with E-state index in [2.05, 4.69) is 10.6 Å². The van der Waals surface area contributed by atoms with E-state index in [1.54, 1.807) is 7.11 Å². The summed E-state index contributed by atoms with van der Waals surface area (Å²) in [6, 6.07) is -1.08. The normalized spacial score (nSPS) is 21.4. The van der Waals surface area contributed by atoms with Crippen LogP contribution in [0.3, 0.4) is 0 Å². The molecule has 0 bridgehead atoms. The number of aliphatic carboxylic acids is 1. The number of carbonyl (C=O) groups excluding carboxylic acids is 1. The highest BCUT2D eigenvalue weighted by Gasteiger charge is 2.25. The van der Waals surface area contributed by atoms with Crippen LogP contribution in [-0.2, 0) is 14.3 Å². The molecule has 0 radical (unpaired) electrons. The molecule has 1 heterocycles. The summed E-state index contributed by atoms with van der Waals surface area (Å²) >= 11 is 0. The number of amides is 1. The predicted octanol–water partition coefficient (Wildman–Crippen LogP) is 0.515. The molecule has 0 aliphatic carbocycles. The van der Waals surface area contributed by atoms with Gasteiger partial charge in [-0.05, 0) is 32.2 Å². The maximum Gasteiger partial charge on any atom is 0.326 e. The first-order valence-corrected chi connectivity index (χ1v) is 6.90. The van der Waals surface area contributed by atoms with Crippen molar-refractivity contribution in [3.63, 3.8) is 0 Å². The average Bonchev–Trinajstić information content (AvgIpc) is 2.66. The summed E-state index contributed by atoms with van der Waals surface area (Å²) in [5, 5.41) is 14.9. The lowest BCUT2D eigenvalue weighted by Crippen LogP contribution is -2.50. The zero-order chi connectivity index (χ0) is 14.1. The van der Waals surface area contributed by atoms with Crippen molar-refractivity contribution in [2.75, 3.05) is 20.3 Å². The molecule has 1 aliphatic rings. The molecule has 2 atom stereocenters. The van der Waals surface area contributed by atoms with Crippen molar-refractivity contribution >= 4 is 11.9 Å². The molecule has 0 saturated carbocycles. The number of carbonyl (C=O) groups is 2. The third-order valence-corrected chi connectivity index (χ3v) is 3.33. The third kappa shape index (κ3) is 6.02. The van der Waals surface area contributed by atoms with E-state index in [0.717, 1.165) is 32.2 Å². The van der Waals surface area contributed by atoms with Crippen LogP contribution < -0.4 is 10.6 Å². The lowest BCUT2D eigenvalue weighted by Gasteiger charge is -2.19. The predicted molar refractivity (Wildman–Crippen MR) is 70.9 cm³/mol. The minimum absolute atomic E-state index is 0.202. The van der Waals surface area contributed by atoms with Crippen LogP contribution in [0.2, 0.25) is 0 Å². The van der Waals surface area contributed by atoms with E-state index >= 15 is 0 Å². The Hall–Kier alpha value is -1.14. The molecule has 3 N–H and O–H groups in total. The molecule has 1 rings (SSSR count). The molecular weight excluding hydrogens is 248 g/mol. The Morgan fingerprint density at radius 3 is 2.89 bits per heavy atom. The van der Waals surface area contributed by atoms with Crippen molar-refractivity contribution < 1.29 is 19.4 Å². The van der Waals surface area contributed by atoms with Crippen molar-refractivity contribution in [2.45, 2.75) is 50.6 Å². The van der Waals surface area contributed by atoms with E-state index in [4.69, 9.17) is 9.84 Å². The first kappa shape index (κ1) is 15.9. The molecule has 1 amide bonds. The fourth-order valence-corrected chi connectivity index (χ4v) is 2.21. The molecule has 6 nitrogen and oxygen atoms in total. The molecule has 0 aromatic rings. The number of nitrogens with one attached hydrogen (secondary N) is 2. The van der Waals surface area contributed by atoms with Crippen molar-refractivity contribution in [1.29, 1.82) is 0 Å². The second kappa shape index (κ2) is 8.87. The number of carboxylic acids is 1. The molecular formula is C13H24N2O4. The van der Waals surface area contributed by atoms with Crippen LogP contribution in [0, 0.1) is 0 Å². The molecule has 0 spiro atoms. The number of hydrogen-bond acceptors (Lipinski definition) is 4. The Morgan fingerprint density at radius 1 is 1.42 bits per heavy atom. The highest BCUT2D eigenvalue weighted by atomic mass is 16.5. The largest absolute Gasteiger partial charge is 0.480 e. The number of methoxy groups -OCH3 is 1. The van der Waals surface area contributed by atoms with E-state index in [1.807, 2.05) is 0 Å². The lowest BCUT2D eigenvalue weighted by atomic mass is 10.1. The van der Waals surface area contributed by atoms with Gasteiger partial charge in [-0.25, -0.2) is 4.79 Å². The zero-order valence-electron chi connectivity index (χ0n) is 11.5. The maximum atomic E-state index is 12.0. The van der Waals surface area contributed by atoms with Crippen LogP contribution in [0.25, 0.3) is 0 Å². The molecule has 110 valence electrons. The van der Waals surface area contributed by atoms with Crippen LogP contribution in [0.5, 0.6) is 0 Å². The summed E-state index contributed by atoms with van der Waals surface area (Å²) in [5.74, 6) is -1.19. The van der Waals surface area contributed by atoms with Gasteiger partial charge in [0.25, 0.3) is 0 Å². The van der Waals surface area contributed by atoms with Crippen LogP contribution in [0.1, 0.15) is 38.5 Å². The van der Waals surface area contributed by atoms with Crippen LogP contribution in [0.15, 0.2) is 0 Å². The summed E-state index contributed by atoms with van der Waals surface area (Å²) in [6.45, 7) is 1.32. The number of hydrogen-bond donors (Lipinski definition) is 3. The Balaban J connectivity index is 2.42. The fraction of sp³-hybridized carbons (Fsp3) is 0.846. The smallest absolute Gasteiger partial charge is 0.326 e. The SMILES string of the molecule is COCCCC(NC(=O)C1CCCCCN1)C(=O)O. The molecule has 6 heteroatoms. The van der Waals surface area contributed by atoms with E-state index in [-0.39, 0.29) is 11.9 Å². The minimum atomic E-state index is -0.988. The monoisotopic (exact) mass is 272 g/mol. The summed E-state index contributed by atoms with van der Waals surface area (Å²) in [6.07, 6.45) is 4.98. The van der Waals surface area contributed by atoms with Crippen molar-refractivity contribution in [1.82, 2.24) is 10.6 Å². The molecule has 1 fully saturated rings. The van der Waals surface area contributed by atoms with Crippen LogP contribution >= 0.6 is 0 Å². The Morgan fingerprint density at radius 2 is 2.21 bits per heavy atom. The van der Waals surface area contributed by atoms with E-state index in [1.165, 1.54) is 0 Å². The first-order chi connectivity index (χ1) is 9.15. The molecule has 0 aromatic carbocycles. The van der Waals surface area contributed by atoms with Gasteiger partial charge < -0.3 is 20.5 Å². The number of rotatable bonds is 7. The fourth-order valence-electron chi connectivity index (χ4n) is 2.21. The quantitative estimate of drug-likeness (QED) is 0.588. The van der Waals surface area contributed by atoms with Crippen LogP contribution in [0.4, 0.5) is 0 Å². The minimum Gasteiger partial charge on any atom is -0.480 e. The molecule has 19 heavy (non-hydrogen) atoms. The molecule has 2 unspecified atom stereocenters. The summed E-state index contributed by atoms with van der Waals surface area (Å²) in [4.78, 5) is 23.1. The van der Waals surface area contributed by atoms with Gasteiger partial charge in [-0.3, -0.25) is 4.79 Å². The van der Waals surface area contributed by atoms with Gasteiger partial charge in [0, 0.05) is 13.7 Å². The van der Waals surface area contributed by atoms with E-state index in [0.29, 0.717) is 19.4 Å². The molecule has 0 aromatic heterocycles. The maximum absolute atomic E-state index is 12.0. The van der Waals surface area contributed by atoms with Gasteiger partial charge in [-0.2, -0.15) is 0 Å². The van der Waals surface area contributed by atoms with Gasteiger partial charge in [0.2, 0.25) is 5.91 Å². The highest BCUT2D eigenvalue weighted by Crippen LogP contribution is 2.09. The standard InChI is InChI=1S/C13H24N2O4/c1-19-9-5-7-11(13(17)18)15-12(16)10-6-3-2-4-8-14-10/h10-11,14H,2-9H2,1H3,(H,15,16)(H,17,18). The van der Waals surface area contributed by atoms with Gasteiger partial charge in [0.15, 0.2) is 0 Å². The Bertz CT molecular complexity index is 288. The van der Waals surface area contributed by atoms with E-state index < -0.39 is 12.0 Å². The van der Waals surface area contributed by atoms with E-state index in [9.17, 15) is 9.59 Å². The topological polar surface area (TPSA) is 87.7 Å². The zero-order valence-corrected chi connectivity index (χ0v) is 11.5. The Kier molecular flexibility index (Phi) is 7.43. The third-order valence-electron chi connectivity index (χ3n) is 3.33. The van der Waals surface area contributed by atoms with Gasteiger partial charge in [-0.15, -0.1) is 0 Å². The van der Waals surface area contributed by atoms with Gasteiger partial charge in [-0.1, -0.05) is 12.8 Å². The molecule has 1 saturated heterocycles. The second-order valence-electron chi connectivity index (χ2n) is 4.89. The van der Waals surface area contributed by atoms with Crippen molar-refractivity contribution in [3.8, 4) is 0 Å². The average molecular weight is 272 g/mol. The molecule has 1 aliphatic heterocycles. The highest BCUT2D eigenvalue weighted by molar-refractivity contribution is 5.86. The summed E-state index contributed by atoms with van der Waals surface area (Å²) in [5.41, 5.74) is 0. The van der Waals surface area contributed by atoms with Crippen molar-refractivity contribution in [2.24, 2.45) is 0 Å². The Labute approximate surface area is 113 Å². The summed E-state index contributed by atoms with van der Waals surface area (Å²) < 4.78 is 4.89. The van der Waals surface area contributed by atoms with Crippen molar-refractivity contribution in [3.05, 3.63) is 0 Å². The van der Waals surface area contributed by atoms with Gasteiger partial charge in [0.1, 0.15) is 6.04 Å². The number of ether oxygens (including phenoxy) is 1. The number of carboxylic acid groups (broad SMARTS) is 1. The van der Waals surface area contributed by atoms with Gasteiger partial charge in [0.05, 0.1) is 6.04 Å². The lowest BCUT2D eigenvalue weighted by molar-refractivity contribution is -0.142. The van der Waals surface area contributed by atoms with Gasteiger partial charge >= 0.3 is 5.97 Å². The second-order valence-corrected chi connectivity index (χ2v) is 4.89.